The summed E-state index contributed by atoms with van der Waals surface area (Å²) in [5.41, 5.74) is 4.77. The lowest BCUT2D eigenvalue weighted by Crippen LogP contribution is -2.16. The fourth-order valence-corrected chi connectivity index (χ4v) is 3.98. The van der Waals surface area contributed by atoms with Crippen molar-refractivity contribution in [1.29, 1.82) is 0 Å². The van der Waals surface area contributed by atoms with Crippen LogP contribution in [0.1, 0.15) is 43.4 Å². The van der Waals surface area contributed by atoms with Crippen LogP contribution >= 0.6 is 0 Å². The molecule has 8 nitrogen and oxygen atoms in total. The summed E-state index contributed by atoms with van der Waals surface area (Å²) >= 11 is 0. The summed E-state index contributed by atoms with van der Waals surface area (Å²) in [4.78, 5) is 29.7. The molecule has 8 heteroatoms. The summed E-state index contributed by atoms with van der Waals surface area (Å²) in [6.07, 6.45) is 4.11. The molecule has 0 fully saturated rings. The largest absolute Gasteiger partial charge is 0.497 e. The highest BCUT2D eigenvalue weighted by molar-refractivity contribution is 6.02. The van der Waals surface area contributed by atoms with Crippen LogP contribution in [0.2, 0.25) is 0 Å². The Bertz CT molecular complexity index is 1320. The molecule has 3 aromatic heterocycles. The number of hydrogen-bond donors (Lipinski definition) is 0. The van der Waals surface area contributed by atoms with E-state index in [2.05, 4.69) is 14.6 Å². The number of carbonyl (C=O) groups excluding carboxylic acids is 2. The van der Waals surface area contributed by atoms with E-state index in [1.54, 1.807) is 32.5 Å². The highest BCUT2D eigenvalue weighted by atomic mass is 16.5. The number of ether oxygens (including phenoxy) is 2. The number of ketones is 1. The third kappa shape index (κ3) is 4.50. The molecule has 0 aliphatic rings. The number of aryl methyl sites for hydroxylation is 3. The zero-order valence-electron chi connectivity index (χ0n) is 19.2. The maximum Gasteiger partial charge on any atom is 0.344 e. The van der Waals surface area contributed by atoms with Crippen LogP contribution in [0.4, 0.5) is 0 Å². The smallest absolute Gasteiger partial charge is 0.344 e. The average Bonchev–Trinajstić information content (AvgIpc) is 3.31. The van der Waals surface area contributed by atoms with E-state index in [1.807, 2.05) is 44.2 Å². The van der Waals surface area contributed by atoms with Gasteiger partial charge in [0.1, 0.15) is 11.3 Å². The van der Waals surface area contributed by atoms with Crippen molar-refractivity contribution in [2.75, 3.05) is 13.7 Å². The summed E-state index contributed by atoms with van der Waals surface area (Å²) in [5, 5.41) is 4.26. The Labute approximate surface area is 191 Å². The van der Waals surface area contributed by atoms with Gasteiger partial charge in [-0.05, 0) is 57.0 Å². The maximum absolute atomic E-state index is 12.9. The number of fused-ring (bicyclic) bond motifs is 1. The van der Waals surface area contributed by atoms with Crippen molar-refractivity contribution in [3.63, 3.8) is 0 Å². The van der Waals surface area contributed by atoms with Crippen LogP contribution in [-0.4, -0.2) is 44.6 Å². The van der Waals surface area contributed by atoms with Gasteiger partial charge in [-0.25, -0.2) is 14.3 Å². The highest BCUT2D eigenvalue weighted by Gasteiger charge is 2.22. The second-order valence-corrected chi connectivity index (χ2v) is 7.88. The van der Waals surface area contributed by atoms with Crippen molar-refractivity contribution in [1.82, 2.24) is 19.2 Å². The number of Topliss-reactive ketones (excluding diaryl/α,β-unsaturated/α-hetero) is 1. The predicted octanol–water partition coefficient (Wildman–Crippen LogP) is 3.75. The van der Waals surface area contributed by atoms with Crippen LogP contribution in [0.3, 0.4) is 0 Å². The van der Waals surface area contributed by atoms with Gasteiger partial charge in [-0.3, -0.25) is 4.79 Å². The van der Waals surface area contributed by atoms with Gasteiger partial charge >= 0.3 is 5.97 Å². The Morgan fingerprint density at radius 3 is 2.58 bits per heavy atom. The minimum absolute atomic E-state index is 0.241. The normalized spacial score (nSPS) is 11.0. The molecule has 4 rings (SSSR count). The molecule has 170 valence electrons. The number of carbonyl (C=O) groups is 2. The number of esters is 1. The van der Waals surface area contributed by atoms with Crippen LogP contribution in [0.25, 0.3) is 5.65 Å². The Balaban J connectivity index is 1.43. The fourth-order valence-electron chi connectivity index (χ4n) is 3.98. The predicted molar refractivity (Wildman–Crippen MR) is 123 cm³/mol. The summed E-state index contributed by atoms with van der Waals surface area (Å²) in [5.74, 6) is -0.0262. The van der Waals surface area contributed by atoms with Crippen molar-refractivity contribution in [3.05, 3.63) is 82.6 Å². The summed E-state index contributed by atoms with van der Waals surface area (Å²) in [7, 11) is 1.65. The molecule has 0 radical (unpaired) electrons. The second kappa shape index (κ2) is 9.28. The van der Waals surface area contributed by atoms with Crippen LogP contribution in [0, 0.1) is 20.8 Å². The summed E-state index contributed by atoms with van der Waals surface area (Å²) in [6, 6.07) is 11.5. The monoisotopic (exact) mass is 446 g/mol. The molecule has 0 atom stereocenters. The molecule has 0 amide bonds. The summed E-state index contributed by atoms with van der Waals surface area (Å²) in [6.45, 7) is 5.99. The van der Waals surface area contributed by atoms with Crippen molar-refractivity contribution in [3.8, 4) is 5.75 Å². The number of benzene rings is 1. The lowest BCUT2D eigenvalue weighted by molar-refractivity contribution is 0.0475. The van der Waals surface area contributed by atoms with Crippen molar-refractivity contribution < 1.29 is 19.1 Å². The first-order valence-electron chi connectivity index (χ1n) is 10.7. The molecule has 1 aromatic carbocycles. The van der Waals surface area contributed by atoms with Gasteiger partial charge in [0.15, 0.2) is 12.3 Å². The molecule has 0 aliphatic heterocycles. The maximum atomic E-state index is 12.9. The van der Waals surface area contributed by atoms with E-state index in [0.717, 1.165) is 30.1 Å². The Hall–Kier alpha value is -3.94. The highest BCUT2D eigenvalue weighted by Crippen LogP contribution is 2.19. The topological polar surface area (TPSA) is 87.7 Å². The van der Waals surface area contributed by atoms with Gasteiger partial charge in [-0.2, -0.15) is 5.10 Å². The average molecular weight is 447 g/mol. The summed E-state index contributed by atoms with van der Waals surface area (Å²) < 4.78 is 14.2. The van der Waals surface area contributed by atoms with E-state index in [-0.39, 0.29) is 18.0 Å². The van der Waals surface area contributed by atoms with Crippen LogP contribution in [-0.2, 0) is 17.7 Å². The zero-order chi connectivity index (χ0) is 23.5. The fraction of sp³-hybridized carbons (Fsp3) is 0.280. The number of aromatic nitrogens is 4. The Morgan fingerprint density at radius 2 is 1.85 bits per heavy atom. The first-order valence-corrected chi connectivity index (χ1v) is 10.7. The number of hydrogen-bond acceptors (Lipinski definition) is 6. The van der Waals surface area contributed by atoms with Crippen LogP contribution < -0.4 is 4.74 Å². The molecular weight excluding hydrogens is 420 g/mol. The molecular formula is C25H26N4O4. The van der Waals surface area contributed by atoms with Crippen molar-refractivity contribution in [2.24, 2.45) is 0 Å². The van der Waals surface area contributed by atoms with Crippen LogP contribution in [0.15, 0.2) is 48.8 Å². The van der Waals surface area contributed by atoms with Gasteiger partial charge in [0.2, 0.25) is 5.78 Å². The third-order valence-corrected chi connectivity index (χ3v) is 5.77. The first-order chi connectivity index (χ1) is 15.9. The minimum atomic E-state index is -0.608. The van der Waals surface area contributed by atoms with Gasteiger partial charge < -0.3 is 14.0 Å². The van der Waals surface area contributed by atoms with Crippen molar-refractivity contribution in [2.45, 2.75) is 33.7 Å². The molecule has 3 heterocycles. The molecule has 0 saturated carbocycles. The molecule has 0 N–H and O–H groups in total. The lowest BCUT2D eigenvalue weighted by atomic mass is 10.1. The van der Waals surface area contributed by atoms with Crippen molar-refractivity contribution >= 4 is 17.4 Å². The lowest BCUT2D eigenvalue weighted by Gasteiger charge is -2.10. The number of nitrogens with zero attached hydrogens (tertiary/aromatic N) is 4. The molecule has 0 bridgehead atoms. The van der Waals surface area contributed by atoms with Gasteiger partial charge in [-0.1, -0.05) is 12.1 Å². The quantitative estimate of drug-likeness (QED) is 0.303. The molecule has 0 aliphatic carbocycles. The molecule has 0 saturated heterocycles. The van der Waals surface area contributed by atoms with E-state index in [0.29, 0.717) is 16.9 Å². The van der Waals surface area contributed by atoms with E-state index in [4.69, 9.17) is 9.47 Å². The van der Waals surface area contributed by atoms with Gasteiger partial charge in [-0.15, -0.1) is 0 Å². The standard InChI is InChI=1S/C25H26N4O4/c1-16-14-21(18(3)28(16)13-10-19-6-8-20(32-4)9-7-19)22(30)15-33-25(31)23-17(2)27-29-12-5-11-26-24(23)29/h5-9,11-12,14H,10,13,15H2,1-4H3. The zero-order valence-corrected chi connectivity index (χ0v) is 19.2. The molecule has 33 heavy (non-hydrogen) atoms. The van der Waals surface area contributed by atoms with E-state index in [1.165, 1.54) is 10.1 Å². The third-order valence-electron chi connectivity index (χ3n) is 5.77. The second-order valence-electron chi connectivity index (χ2n) is 7.88. The SMILES string of the molecule is COc1ccc(CCn2c(C)cc(C(=O)COC(=O)c3c(C)nn4cccnc34)c2C)cc1. The molecule has 4 aromatic rings. The van der Waals surface area contributed by atoms with Gasteiger partial charge in [0, 0.05) is 35.9 Å². The van der Waals surface area contributed by atoms with E-state index in [9.17, 15) is 9.59 Å². The minimum Gasteiger partial charge on any atom is -0.497 e. The van der Waals surface area contributed by atoms with E-state index < -0.39 is 5.97 Å². The Morgan fingerprint density at radius 1 is 1.09 bits per heavy atom. The molecule has 0 unspecified atom stereocenters. The first kappa shape index (κ1) is 22.3. The van der Waals surface area contributed by atoms with Gasteiger partial charge in [0.05, 0.1) is 12.8 Å². The number of methoxy groups -OCH3 is 1. The van der Waals surface area contributed by atoms with E-state index >= 15 is 0 Å². The van der Waals surface area contributed by atoms with Crippen LogP contribution in [0.5, 0.6) is 5.75 Å². The van der Waals surface area contributed by atoms with Gasteiger partial charge in [0.25, 0.3) is 0 Å². The molecule has 0 spiro atoms. The Kier molecular flexibility index (Phi) is 6.26. The number of rotatable bonds is 8.